The number of hydrogen-bond donors (Lipinski definition) is 12. The van der Waals surface area contributed by atoms with Gasteiger partial charge in [0.1, 0.15) is 85.5 Å². The molecule has 0 spiro atoms. The molecule has 4 aliphatic heterocycles. The van der Waals surface area contributed by atoms with Crippen LogP contribution in [0.3, 0.4) is 0 Å². The number of rotatable bonds is 8. The minimum Gasteiger partial charge on any atom is -0.394 e. The molecule has 42 heavy (non-hydrogen) atoms. The Hall–Kier alpha value is -0.760. The average Bonchev–Trinajstić information content (AvgIpc) is 2.96. The lowest BCUT2D eigenvalue weighted by atomic mass is 9.96. The summed E-state index contributed by atoms with van der Waals surface area (Å²) in [5.41, 5.74) is 0. The summed E-state index contributed by atoms with van der Waals surface area (Å²) in [5.74, 6) is 0. The van der Waals surface area contributed by atoms with Crippen molar-refractivity contribution in [2.45, 2.75) is 124 Å². The van der Waals surface area contributed by atoms with E-state index in [2.05, 4.69) is 0 Å². The molecule has 0 saturated carbocycles. The molecule has 4 rings (SSSR count). The molecule has 0 amide bonds. The summed E-state index contributed by atoms with van der Waals surface area (Å²) in [6.07, 6.45) is -31.3. The molecule has 0 unspecified atom stereocenters. The highest BCUT2D eigenvalue weighted by molar-refractivity contribution is 4.96. The summed E-state index contributed by atoms with van der Waals surface area (Å²) in [5, 5.41) is 122. The summed E-state index contributed by atoms with van der Waals surface area (Å²) < 4.78 is 38.0. The molecule has 0 aromatic carbocycles. The van der Waals surface area contributed by atoms with Gasteiger partial charge >= 0.3 is 0 Å². The van der Waals surface area contributed by atoms with Crippen molar-refractivity contribution in [2.24, 2.45) is 0 Å². The van der Waals surface area contributed by atoms with Crippen molar-refractivity contribution in [3.63, 3.8) is 0 Å². The lowest BCUT2D eigenvalue weighted by Gasteiger charge is -2.47. The van der Waals surface area contributed by atoms with Gasteiger partial charge in [-0.1, -0.05) is 0 Å². The molecule has 0 radical (unpaired) electrons. The van der Waals surface area contributed by atoms with Crippen LogP contribution >= 0.6 is 0 Å². The predicted octanol–water partition coefficient (Wildman–Crippen LogP) is -8.08. The summed E-state index contributed by atoms with van der Waals surface area (Å²) in [6, 6.07) is 0. The third kappa shape index (κ3) is 6.89. The van der Waals surface area contributed by atoms with Crippen LogP contribution in [0, 0.1) is 0 Å². The molecule has 0 aromatic rings. The van der Waals surface area contributed by atoms with Crippen LogP contribution in [0.5, 0.6) is 0 Å². The van der Waals surface area contributed by atoms with Gasteiger partial charge < -0.3 is 94.4 Å². The smallest absolute Gasteiger partial charge is 0.187 e. The number of ether oxygens (including phenoxy) is 7. The lowest BCUT2D eigenvalue weighted by molar-refractivity contribution is -0.382. The second-order valence-electron chi connectivity index (χ2n) is 10.7. The van der Waals surface area contributed by atoms with E-state index in [1.807, 2.05) is 0 Å². The zero-order chi connectivity index (χ0) is 31.0. The topological polar surface area (TPSA) is 307 Å². The highest BCUT2D eigenvalue weighted by atomic mass is 16.8. The minimum atomic E-state index is -2.01. The van der Waals surface area contributed by atoms with Crippen LogP contribution < -0.4 is 0 Å². The third-order valence-electron chi connectivity index (χ3n) is 7.75. The van der Waals surface area contributed by atoms with Crippen molar-refractivity contribution in [1.29, 1.82) is 0 Å². The monoisotopic (exact) mass is 620 g/mol. The fourth-order valence-corrected chi connectivity index (χ4v) is 5.09. The highest BCUT2D eigenvalue weighted by Crippen LogP contribution is 2.32. The molecule has 246 valence electrons. The molecule has 4 fully saturated rings. The number of aliphatic hydroxyl groups is 12. The molecule has 19 atom stereocenters. The average molecular weight is 621 g/mol. The van der Waals surface area contributed by atoms with Gasteiger partial charge in [-0.2, -0.15) is 0 Å². The Morgan fingerprint density at radius 2 is 1.17 bits per heavy atom. The van der Waals surface area contributed by atoms with Gasteiger partial charge in [0.2, 0.25) is 0 Å². The van der Waals surface area contributed by atoms with Gasteiger partial charge in [0, 0.05) is 0 Å². The van der Waals surface area contributed by atoms with Gasteiger partial charge in [0.05, 0.1) is 25.9 Å². The van der Waals surface area contributed by atoms with Crippen molar-refractivity contribution in [3.05, 3.63) is 0 Å². The fraction of sp³-hybridized carbons (Fsp3) is 1.00. The van der Waals surface area contributed by atoms with E-state index >= 15 is 0 Å². The second-order valence-corrected chi connectivity index (χ2v) is 10.7. The fourth-order valence-electron chi connectivity index (χ4n) is 5.09. The Morgan fingerprint density at radius 3 is 1.83 bits per heavy atom. The molecule has 0 aliphatic carbocycles. The van der Waals surface area contributed by atoms with E-state index < -0.39 is 137 Å². The van der Waals surface area contributed by atoms with E-state index in [9.17, 15) is 61.3 Å². The van der Waals surface area contributed by atoms with E-state index in [0.29, 0.717) is 0 Å². The zero-order valence-corrected chi connectivity index (χ0v) is 22.3. The van der Waals surface area contributed by atoms with Gasteiger partial charge in [-0.15, -0.1) is 0 Å². The molecule has 19 heteroatoms. The maximum atomic E-state index is 11.2. The first kappa shape index (κ1) is 34.1. The molecule has 4 aliphatic rings. The van der Waals surface area contributed by atoms with Crippen LogP contribution in [0.25, 0.3) is 0 Å². The van der Waals surface area contributed by atoms with E-state index in [0.717, 1.165) is 0 Å². The van der Waals surface area contributed by atoms with Crippen LogP contribution in [0.15, 0.2) is 0 Å². The molecule has 4 heterocycles. The molecule has 4 saturated heterocycles. The van der Waals surface area contributed by atoms with E-state index in [4.69, 9.17) is 33.2 Å². The highest BCUT2D eigenvalue weighted by Gasteiger charge is 2.53. The Bertz CT molecular complexity index is 853. The van der Waals surface area contributed by atoms with Crippen LogP contribution in [-0.2, 0) is 33.2 Å². The first-order valence-corrected chi connectivity index (χ1v) is 13.4. The van der Waals surface area contributed by atoms with Crippen molar-refractivity contribution in [3.8, 4) is 0 Å². The minimum absolute atomic E-state index is 0.471. The third-order valence-corrected chi connectivity index (χ3v) is 7.75. The van der Waals surface area contributed by atoms with Crippen molar-refractivity contribution >= 4 is 0 Å². The molecule has 0 bridgehead atoms. The normalized spacial score (nSPS) is 54.1. The van der Waals surface area contributed by atoms with Gasteiger partial charge in [0.15, 0.2) is 25.2 Å². The Balaban J connectivity index is 1.51. The van der Waals surface area contributed by atoms with E-state index in [1.54, 1.807) is 0 Å². The largest absolute Gasteiger partial charge is 0.394 e. The van der Waals surface area contributed by atoms with Crippen LogP contribution in [0.1, 0.15) is 6.92 Å². The molecular weight excluding hydrogens is 580 g/mol. The standard InChI is InChI=1S/C23H40O19/c1-5-9(26)12(29)15(32)21(38-5)37-4-8-18(41-22-14(31)10(27)6(25)3-36-22)17(34)19(20(35)39-8)42-23-16(33)13(30)11(28)7(2-24)40-23/h5-35H,2-4H2,1H3/t5-,6-,7+,8+,9-,10-,11+,12+,13-,14+,15+,16+,17-,18+,19+,20+,21+,22-,23-/m0/s1. The molecule has 0 aromatic heterocycles. The van der Waals surface area contributed by atoms with Crippen LogP contribution in [0.4, 0.5) is 0 Å². The Morgan fingerprint density at radius 1 is 0.571 bits per heavy atom. The first-order chi connectivity index (χ1) is 19.8. The molecule has 19 nitrogen and oxygen atoms in total. The Labute approximate surface area is 238 Å². The summed E-state index contributed by atoms with van der Waals surface area (Å²) in [6.45, 7) is -0.458. The number of hydrogen-bond acceptors (Lipinski definition) is 19. The first-order valence-electron chi connectivity index (χ1n) is 13.4. The molecule has 12 N–H and O–H groups in total. The second kappa shape index (κ2) is 14.1. The van der Waals surface area contributed by atoms with Crippen molar-refractivity contribution in [2.75, 3.05) is 19.8 Å². The summed E-state index contributed by atoms with van der Waals surface area (Å²) in [7, 11) is 0. The Kier molecular flexibility index (Phi) is 11.5. The summed E-state index contributed by atoms with van der Waals surface area (Å²) >= 11 is 0. The van der Waals surface area contributed by atoms with Crippen LogP contribution in [0.2, 0.25) is 0 Å². The zero-order valence-electron chi connectivity index (χ0n) is 22.3. The van der Waals surface area contributed by atoms with Gasteiger partial charge in [-0.05, 0) is 6.92 Å². The van der Waals surface area contributed by atoms with Gasteiger partial charge in [-0.25, -0.2) is 0 Å². The number of aliphatic hydroxyl groups excluding tert-OH is 12. The van der Waals surface area contributed by atoms with Crippen molar-refractivity contribution < 1.29 is 94.4 Å². The SMILES string of the molecule is C[C@@H]1O[C@@H](OC[C@H]2O[C@@H](O)[C@H](O[C@@H]3O[C@H](CO)[C@@H](O)[C@H](O)[C@H]3O)[C@@H](O)[C@@H]2O[C@@H]2OC[C@H](O)[C@H](O)[C@H]2O)[C@H](O)[C@H](O)[C@H]1O. The van der Waals surface area contributed by atoms with Gasteiger partial charge in [0.25, 0.3) is 0 Å². The summed E-state index contributed by atoms with van der Waals surface area (Å²) in [4.78, 5) is 0. The van der Waals surface area contributed by atoms with E-state index in [1.165, 1.54) is 6.92 Å². The van der Waals surface area contributed by atoms with Crippen molar-refractivity contribution in [1.82, 2.24) is 0 Å². The predicted molar refractivity (Wildman–Crippen MR) is 126 cm³/mol. The lowest BCUT2D eigenvalue weighted by Crippen LogP contribution is -2.66. The van der Waals surface area contributed by atoms with E-state index in [-0.39, 0.29) is 0 Å². The maximum absolute atomic E-state index is 11.2. The quantitative estimate of drug-likeness (QED) is 0.120. The maximum Gasteiger partial charge on any atom is 0.187 e. The van der Waals surface area contributed by atoms with Crippen LogP contribution in [-0.4, -0.2) is 198 Å². The molecular formula is C23H40O19. The van der Waals surface area contributed by atoms with Gasteiger partial charge in [-0.3, -0.25) is 0 Å².